The summed E-state index contributed by atoms with van der Waals surface area (Å²) in [5, 5.41) is 4.96. The average molecular weight is 439 g/mol. The molecule has 1 N–H and O–H groups in total. The van der Waals surface area contributed by atoms with Crippen LogP contribution in [0.5, 0.6) is 5.75 Å². The summed E-state index contributed by atoms with van der Waals surface area (Å²) in [6.45, 7) is -3.66. The molecule has 1 aromatic heterocycles. The molecule has 0 aliphatic rings. The monoisotopic (exact) mass is 438 g/mol. The van der Waals surface area contributed by atoms with Crippen LogP contribution in [0.1, 0.15) is 10.5 Å². The number of amides is 1. The van der Waals surface area contributed by atoms with Gasteiger partial charge in [-0.1, -0.05) is 35.9 Å². The molecule has 6 nitrogen and oxygen atoms in total. The maximum absolute atomic E-state index is 12.4. The first-order chi connectivity index (χ1) is 13.9. The number of para-hydroxylation sites is 2. The van der Waals surface area contributed by atoms with Gasteiger partial charge in [-0.2, -0.15) is 8.78 Å². The van der Waals surface area contributed by atoms with Gasteiger partial charge in [0.2, 0.25) is 0 Å². The number of nitrogens with zero attached hydrogens (tertiary/aromatic N) is 1. The molecule has 0 saturated heterocycles. The molecule has 0 spiro atoms. The minimum Gasteiger partial charge on any atom is -0.451 e. The lowest BCUT2D eigenvalue weighted by atomic mass is 10.2. The van der Waals surface area contributed by atoms with Gasteiger partial charge in [-0.25, -0.2) is 9.78 Å². The Balaban J connectivity index is 1.58. The highest BCUT2D eigenvalue weighted by Crippen LogP contribution is 2.27. The van der Waals surface area contributed by atoms with Crippen molar-refractivity contribution in [2.45, 2.75) is 6.61 Å². The lowest BCUT2D eigenvalue weighted by Gasteiger charge is -2.11. The molecule has 2 aromatic carbocycles. The van der Waals surface area contributed by atoms with Gasteiger partial charge in [0.15, 0.2) is 12.3 Å². The van der Waals surface area contributed by atoms with Gasteiger partial charge in [-0.05, 0) is 24.3 Å². The third-order valence-electron chi connectivity index (χ3n) is 3.50. The van der Waals surface area contributed by atoms with Crippen LogP contribution in [0.25, 0.3) is 10.6 Å². The van der Waals surface area contributed by atoms with Crippen LogP contribution in [-0.2, 0) is 9.53 Å². The fourth-order valence-corrected chi connectivity index (χ4v) is 3.26. The first-order valence-electron chi connectivity index (χ1n) is 8.14. The normalized spacial score (nSPS) is 10.6. The van der Waals surface area contributed by atoms with Crippen LogP contribution in [0.3, 0.4) is 0 Å². The summed E-state index contributed by atoms with van der Waals surface area (Å²) in [6.07, 6.45) is 0. The zero-order chi connectivity index (χ0) is 20.8. The van der Waals surface area contributed by atoms with E-state index in [1.54, 1.807) is 24.3 Å². The lowest BCUT2D eigenvalue weighted by Crippen LogP contribution is -2.21. The summed E-state index contributed by atoms with van der Waals surface area (Å²) >= 11 is 7.17. The maximum atomic E-state index is 12.4. The highest BCUT2D eigenvalue weighted by Gasteiger charge is 2.16. The predicted molar refractivity (Wildman–Crippen MR) is 105 cm³/mol. The Kier molecular flexibility index (Phi) is 6.73. The number of esters is 1. The number of benzene rings is 2. The first kappa shape index (κ1) is 20.7. The van der Waals surface area contributed by atoms with Gasteiger partial charge in [0.25, 0.3) is 5.91 Å². The number of aromatic nitrogens is 1. The first-order valence-corrected chi connectivity index (χ1v) is 9.40. The summed E-state index contributed by atoms with van der Waals surface area (Å²) < 4.78 is 34.1. The third-order valence-corrected chi connectivity index (χ3v) is 4.62. The highest BCUT2D eigenvalue weighted by atomic mass is 35.5. The minimum atomic E-state index is -3.04. The van der Waals surface area contributed by atoms with Crippen LogP contribution in [0.4, 0.5) is 14.5 Å². The number of hydrogen-bond donors (Lipinski definition) is 1. The summed E-state index contributed by atoms with van der Waals surface area (Å²) in [6, 6.07) is 12.7. The van der Waals surface area contributed by atoms with Crippen LogP contribution in [0.2, 0.25) is 5.02 Å². The molecule has 1 amide bonds. The topological polar surface area (TPSA) is 77.5 Å². The SMILES string of the molecule is O=C(COC(=O)c1csc(-c2cccc(Cl)c2)n1)Nc1ccccc1OC(F)F. The molecule has 0 unspecified atom stereocenters. The van der Waals surface area contributed by atoms with E-state index in [0.29, 0.717) is 10.0 Å². The van der Waals surface area contributed by atoms with E-state index in [2.05, 4.69) is 15.0 Å². The van der Waals surface area contributed by atoms with Crippen molar-refractivity contribution >= 4 is 40.5 Å². The van der Waals surface area contributed by atoms with Crippen molar-refractivity contribution in [2.24, 2.45) is 0 Å². The molecule has 0 atom stereocenters. The fourth-order valence-electron chi connectivity index (χ4n) is 2.28. The number of hydrogen-bond acceptors (Lipinski definition) is 6. The molecule has 0 radical (unpaired) electrons. The van der Waals surface area contributed by atoms with Gasteiger partial charge in [0.05, 0.1) is 5.69 Å². The summed E-state index contributed by atoms with van der Waals surface area (Å²) in [5.41, 5.74) is 0.819. The average Bonchev–Trinajstić information content (AvgIpc) is 3.18. The molecule has 150 valence electrons. The van der Waals surface area contributed by atoms with E-state index in [-0.39, 0.29) is 17.1 Å². The Bertz CT molecular complexity index is 1030. The molecule has 0 saturated carbocycles. The smallest absolute Gasteiger partial charge is 0.387 e. The van der Waals surface area contributed by atoms with Crippen LogP contribution in [-0.4, -0.2) is 30.1 Å². The molecular formula is C19H13ClF2N2O4S. The quantitative estimate of drug-likeness (QED) is 0.533. The maximum Gasteiger partial charge on any atom is 0.387 e. The van der Waals surface area contributed by atoms with Gasteiger partial charge in [0, 0.05) is 16.0 Å². The van der Waals surface area contributed by atoms with Crippen LogP contribution >= 0.6 is 22.9 Å². The van der Waals surface area contributed by atoms with Crippen LogP contribution < -0.4 is 10.1 Å². The Morgan fingerprint density at radius 1 is 1.17 bits per heavy atom. The Labute approximate surface area is 173 Å². The van der Waals surface area contributed by atoms with Gasteiger partial charge < -0.3 is 14.8 Å². The van der Waals surface area contributed by atoms with Crippen LogP contribution in [0, 0.1) is 0 Å². The van der Waals surface area contributed by atoms with E-state index in [0.717, 1.165) is 5.56 Å². The van der Waals surface area contributed by atoms with E-state index in [1.165, 1.54) is 41.0 Å². The highest BCUT2D eigenvalue weighted by molar-refractivity contribution is 7.13. The molecule has 29 heavy (non-hydrogen) atoms. The largest absolute Gasteiger partial charge is 0.451 e. The second kappa shape index (κ2) is 9.44. The van der Waals surface area contributed by atoms with E-state index in [4.69, 9.17) is 16.3 Å². The Morgan fingerprint density at radius 3 is 2.72 bits per heavy atom. The van der Waals surface area contributed by atoms with Crippen molar-refractivity contribution in [1.82, 2.24) is 4.98 Å². The molecule has 0 aliphatic carbocycles. The second-order valence-electron chi connectivity index (χ2n) is 5.55. The molecule has 3 aromatic rings. The van der Waals surface area contributed by atoms with E-state index < -0.39 is 25.1 Å². The number of alkyl halides is 2. The van der Waals surface area contributed by atoms with Crippen LogP contribution in [0.15, 0.2) is 53.9 Å². The zero-order valence-corrected chi connectivity index (χ0v) is 16.2. The number of carbonyl (C=O) groups is 2. The van der Waals surface area contributed by atoms with E-state index >= 15 is 0 Å². The number of rotatable bonds is 7. The van der Waals surface area contributed by atoms with Crippen molar-refractivity contribution in [3.8, 4) is 16.3 Å². The molecule has 0 aliphatic heterocycles. The zero-order valence-electron chi connectivity index (χ0n) is 14.6. The molecule has 0 fully saturated rings. The number of carbonyl (C=O) groups excluding carboxylic acids is 2. The molecule has 1 heterocycles. The molecule has 10 heteroatoms. The molecular weight excluding hydrogens is 426 g/mol. The Hall–Kier alpha value is -3.04. The van der Waals surface area contributed by atoms with Gasteiger partial charge in [-0.15, -0.1) is 11.3 Å². The predicted octanol–water partition coefficient (Wildman–Crippen LogP) is 4.86. The molecule has 3 rings (SSSR count). The second-order valence-corrected chi connectivity index (χ2v) is 6.84. The Morgan fingerprint density at radius 2 is 1.97 bits per heavy atom. The summed E-state index contributed by atoms with van der Waals surface area (Å²) in [4.78, 5) is 28.3. The van der Waals surface area contributed by atoms with Crippen molar-refractivity contribution in [2.75, 3.05) is 11.9 Å². The van der Waals surface area contributed by atoms with Gasteiger partial charge >= 0.3 is 12.6 Å². The van der Waals surface area contributed by atoms with Crippen molar-refractivity contribution in [3.63, 3.8) is 0 Å². The number of halogens is 3. The minimum absolute atomic E-state index is 0.0331. The number of anilines is 1. The van der Waals surface area contributed by atoms with E-state index in [1.807, 2.05) is 0 Å². The summed E-state index contributed by atoms with van der Waals surface area (Å²) in [7, 11) is 0. The van der Waals surface area contributed by atoms with Gasteiger partial charge in [0.1, 0.15) is 10.8 Å². The lowest BCUT2D eigenvalue weighted by molar-refractivity contribution is -0.119. The van der Waals surface area contributed by atoms with Gasteiger partial charge in [-0.3, -0.25) is 4.79 Å². The standard InChI is InChI=1S/C19H13ClF2N2O4S/c20-12-5-3-4-11(8-12)17-24-14(10-29-17)18(26)27-9-16(25)23-13-6-1-2-7-15(13)28-19(21)22/h1-8,10,19H,9H2,(H,23,25). The number of nitrogens with one attached hydrogen (secondary N) is 1. The third kappa shape index (κ3) is 5.72. The van der Waals surface area contributed by atoms with E-state index in [9.17, 15) is 18.4 Å². The number of thiazole rings is 1. The van der Waals surface area contributed by atoms with Crippen molar-refractivity contribution in [1.29, 1.82) is 0 Å². The van der Waals surface area contributed by atoms with Crippen molar-refractivity contribution in [3.05, 3.63) is 64.6 Å². The molecule has 0 bridgehead atoms. The summed E-state index contributed by atoms with van der Waals surface area (Å²) in [5.74, 6) is -1.71. The van der Waals surface area contributed by atoms with Crippen molar-refractivity contribution < 1.29 is 27.8 Å². The fraction of sp³-hybridized carbons (Fsp3) is 0.105. The number of ether oxygens (including phenoxy) is 2.